The summed E-state index contributed by atoms with van der Waals surface area (Å²) in [6, 6.07) is 6.03. The van der Waals surface area contributed by atoms with Crippen LogP contribution in [0.5, 0.6) is 0 Å². The molecule has 2 rings (SSSR count). The summed E-state index contributed by atoms with van der Waals surface area (Å²) < 4.78 is 0. The lowest BCUT2D eigenvalue weighted by Gasteiger charge is -2.22. The van der Waals surface area contributed by atoms with Gasteiger partial charge in [0.1, 0.15) is 0 Å². The van der Waals surface area contributed by atoms with Gasteiger partial charge in [-0.25, -0.2) is 0 Å². The van der Waals surface area contributed by atoms with E-state index < -0.39 is 0 Å². The molecule has 1 aliphatic heterocycles. The Morgan fingerprint density at radius 2 is 2.38 bits per heavy atom. The van der Waals surface area contributed by atoms with Crippen molar-refractivity contribution in [2.45, 2.75) is 19.6 Å². The normalized spacial score (nSPS) is 18.6. The van der Waals surface area contributed by atoms with Crippen molar-refractivity contribution >= 4 is 17.7 Å². The lowest BCUT2D eigenvalue weighted by molar-refractivity contribution is 0.290. The first kappa shape index (κ1) is 11.1. The lowest BCUT2D eigenvalue weighted by atomic mass is 10.1. The summed E-state index contributed by atoms with van der Waals surface area (Å²) in [7, 11) is 0. The van der Waals surface area contributed by atoms with Gasteiger partial charge < -0.3 is 10.2 Å². The van der Waals surface area contributed by atoms with Crippen molar-refractivity contribution in [3.63, 3.8) is 0 Å². The highest BCUT2D eigenvalue weighted by molar-refractivity contribution is 6.31. The molecule has 3 heteroatoms. The molecular weight excluding hydrogens is 220 g/mol. The number of nitrogens with zero attached hydrogens (tertiary/aromatic N) is 1. The molecule has 0 spiro atoms. The number of hydrogen-bond acceptors (Lipinski definition) is 2. The summed E-state index contributed by atoms with van der Waals surface area (Å²) in [4.78, 5) is 2.20. The highest BCUT2D eigenvalue weighted by atomic mass is 35.5. The second kappa shape index (κ2) is 4.62. The van der Waals surface area contributed by atoms with Gasteiger partial charge in [0.05, 0.1) is 6.17 Å². The summed E-state index contributed by atoms with van der Waals surface area (Å²) in [5, 5.41) is 4.01. The van der Waals surface area contributed by atoms with Crippen LogP contribution in [0.4, 0.5) is 0 Å². The van der Waals surface area contributed by atoms with E-state index in [1.807, 2.05) is 24.5 Å². The van der Waals surface area contributed by atoms with Gasteiger partial charge in [-0.1, -0.05) is 36.4 Å². The average molecular weight is 235 g/mol. The summed E-state index contributed by atoms with van der Waals surface area (Å²) in [6.45, 7) is 6.66. The number of halogens is 1. The van der Waals surface area contributed by atoms with Crippen LogP contribution >= 0.6 is 11.6 Å². The van der Waals surface area contributed by atoms with E-state index in [-0.39, 0.29) is 0 Å². The summed E-state index contributed by atoms with van der Waals surface area (Å²) >= 11 is 6.22. The maximum absolute atomic E-state index is 6.22. The molecule has 84 valence electrons. The highest BCUT2D eigenvalue weighted by Crippen LogP contribution is 2.21. The fourth-order valence-electron chi connectivity index (χ4n) is 1.71. The van der Waals surface area contributed by atoms with Gasteiger partial charge in [-0.15, -0.1) is 0 Å². The first-order valence-electron chi connectivity index (χ1n) is 5.30. The van der Waals surface area contributed by atoms with Crippen molar-refractivity contribution in [1.29, 1.82) is 0 Å². The molecule has 0 aliphatic carbocycles. The van der Waals surface area contributed by atoms with E-state index in [1.54, 1.807) is 6.08 Å². The van der Waals surface area contributed by atoms with Crippen LogP contribution in [0.3, 0.4) is 0 Å². The fraction of sp³-hybridized carbons (Fsp3) is 0.231. The Labute approximate surface area is 101 Å². The minimum atomic E-state index is 0.329. The third-order valence-corrected chi connectivity index (χ3v) is 3.12. The van der Waals surface area contributed by atoms with Crippen LogP contribution < -0.4 is 5.32 Å². The molecule has 1 unspecified atom stereocenters. The van der Waals surface area contributed by atoms with E-state index in [9.17, 15) is 0 Å². The maximum Gasteiger partial charge on any atom is 0.0955 e. The first-order chi connectivity index (χ1) is 7.70. The second-order valence-electron chi connectivity index (χ2n) is 3.89. The zero-order chi connectivity index (χ0) is 11.5. The van der Waals surface area contributed by atoms with Gasteiger partial charge in [0.25, 0.3) is 0 Å². The molecule has 1 aromatic rings. The molecule has 0 saturated heterocycles. The quantitative estimate of drug-likeness (QED) is 0.864. The maximum atomic E-state index is 6.22. The van der Waals surface area contributed by atoms with Crippen LogP contribution in [-0.2, 0) is 6.54 Å². The second-order valence-corrected chi connectivity index (χ2v) is 4.29. The van der Waals surface area contributed by atoms with Gasteiger partial charge in [-0.2, -0.15) is 0 Å². The minimum Gasteiger partial charge on any atom is -0.370 e. The Kier molecular flexibility index (Phi) is 3.20. The van der Waals surface area contributed by atoms with Gasteiger partial charge in [-0.05, 0) is 24.1 Å². The SMILES string of the molecule is C=Cc1ccc(CN2C=CNC2C)c(Cl)c1. The molecule has 1 aliphatic rings. The molecule has 0 radical (unpaired) electrons. The molecule has 0 bridgehead atoms. The van der Waals surface area contributed by atoms with Crippen molar-refractivity contribution in [3.8, 4) is 0 Å². The van der Waals surface area contributed by atoms with Gasteiger partial charge in [-0.3, -0.25) is 0 Å². The smallest absolute Gasteiger partial charge is 0.0955 e. The van der Waals surface area contributed by atoms with Crippen LogP contribution in [0.15, 0.2) is 37.2 Å². The molecule has 16 heavy (non-hydrogen) atoms. The number of benzene rings is 1. The Hall–Kier alpha value is -1.41. The average Bonchev–Trinajstić information content (AvgIpc) is 2.67. The lowest BCUT2D eigenvalue weighted by Crippen LogP contribution is -2.31. The van der Waals surface area contributed by atoms with E-state index in [1.165, 1.54) is 0 Å². The van der Waals surface area contributed by atoms with E-state index in [4.69, 9.17) is 11.6 Å². The van der Waals surface area contributed by atoms with E-state index in [0.717, 1.165) is 22.7 Å². The van der Waals surface area contributed by atoms with Crippen LogP contribution in [0.1, 0.15) is 18.1 Å². The summed E-state index contributed by atoms with van der Waals surface area (Å²) in [5.74, 6) is 0. The minimum absolute atomic E-state index is 0.329. The molecular formula is C13H15ClN2. The van der Waals surface area contributed by atoms with E-state index >= 15 is 0 Å². The summed E-state index contributed by atoms with van der Waals surface area (Å²) in [6.07, 6.45) is 6.13. The van der Waals surface area contributed by atoms with Gasteiger partial charge in [0.15, 0.2) is 0 Å². The number of rotatable bonds is 3. The molecule has 1 aromatic carbocycles. The topological polar surface area (TPSA) is 15.3 Å². The zero-order valence-corrected chi connectivity index (χ0v) is 10.0. The Balaban J connectivity index is 2.15. The largest absolute Gasteiger partial charge is 0.370 e. The molecule has 0 aromatic heterocycles. The Morgan fingerprint density at radius 1 is 1.56 bits per heavy atom. The molecule has 1 atom stereocenters. The van der Waals surface area contributed by atoms with Crippen LogP contribution in [0, 0.1) is 0 Å². The molecule has 1 heterocycles. The number of hydrogen-bond donors (Lipinski definition) is 1. The van der Waals surface area contributed by atoms with Gasteiger partial charge >= 0.3 is 0 Å². The van der Waals surface area contributed by atoms with E-state index in [2.05, 4.69) is 29.8 Å². The zero-order valence-electron chi connectivity index (χ0n) is 9.28. The first-order valence-corrected chi connectivity index (χ1v) is 5.68. The third kappa shape index (κ3) is 2.22. The monoisotopic (exact) mass is 234 g/mol. The predicted molar refractivity (Wildman–Crippen MR) is 68.8 cm³/mol. The fourth-order valence-corrected chi connectivity index (χ4v) is 1.96. The van der Waals surface area contributed by atoms with Crippen molar-refractivity contribution in [2.24, 2.45) is 0 Å². The van der Waals surface area contributed by atoms with Crippen LogP contribution in [-0.4, -0.2) is 11.1 Å². The van der Waals surface area contributed by atoms with Gasteiger partial charge in [0.2, 0.25) is 0 Å². The third-order valence-electron chi connectivity index (χ3n) is 2.77. The Bertz CT molecular complexity index is 426. The van der Waals surface area contributed by atoms with Crippen molar-refractivity contribution in [2.75, 3.05) is 0 Å². The molecule has 0 saturated carbocycles. The van der Waals surface area contributed by atoms with Crippen molar-refractivity contribution in [1.82, 2.24) is 10.2 Å². The summed E-state index contributed by atoms with van der Waals surface area (Å²) in [5.41, 5.74) is 2.18. The highest BCUT2D eigenvalue weighted by Gasteiger charge is 2.14. The molecule has 1 N–H and O–H groups in total. The molecule has 0 fully saturated rings. The van der Waals surface area contributed by atoms with Crippen LogP contribution in [0.2, 0.25) is 5.02 Å². The van der Waals surface area contributed by atoms with E-state index in [0.29, 0.717) is 6.17 Å². The van der Waals surface area contributed by atoms with Crippen molar-refractivity contribution < 1.29 is 0 Å². The molecule has 2 nitrogen and oxygen atoms in total. The standard InChI is InChI=1S/C13H15ClN2/c1-3-11-4-5-12(13(14)8-11)9-16-7-6-15-10(16)2/h3-8,10,15H,1,9H2,2H3. The van der Waals surface area contributed by atoms with Crippen molar-refractivity contribution in [3.05, 3.63) is 53.3 Å². The van der Waals surface area contributed by atoms with Gasteiger partial charge in [0, 0.05) is 24.0 Å². The Morgan fingerprint density at radius 3 is 2.94 bits per heavy atom. The van der Waals surface area contributed by atoms with Crippen LogP contribution in [0.25, 0.3) is 6.08 Å². The molecule has 0 amide bonds. The predicted octanol–water partition coefficient (Wildman–Crippen LogP) is 3.21. The number of nitrogens with one attached hydrogen (secondary N) is 1.